The van der Waals surface area contributed by atoms with Crippen molar-refractivity contribution in [2.45, 2.75) is 70.3 Å². The highest BCUT2D eigenvalue weighted by Crippen LogP contribution is 2.60. The zero-order valence-electron chi connectivity index (χ0n) is 20.1. The highest BCUT2D eigenvalue weighted by atomic mass is 16.3. The summed E-state index contributed by atoms with van der Waals surface area (Å²) in [5.74, 6) is 0. The van der Waals surface area contributed by atoms with E-state index in [-0.39, 0.29) is 16.9 Å². The molecule has 1 aromatic heterocycles. The lowest BCUT2D eigenvalue weighted by atomic mass is 9.54. The maximum absolute atomic E-state index is 10.6. The average Bonchev–Trinajstić information content (AvgIpc) is 3.15. The zero-order chi connectivity index (χ0) is 23.3. The van der Waals surface area contributed by atoms with E-state index in [9.17, 15) is 5.11 Å². The third-order valence-corrected chi connectivity index (χ3v) is 8.70. The SMILES string of the molecule is Cc1ncncc1Nc1ccc2c(c1)CCC1=C3C[C@@H](O)C[C@]3(C)CC[C@]12Cc1ccccc1. The van der Waals surface area contributed by atoms with Crippen molar-refractivity contribution in [3.8, 4) is 0 Å². The Hall–Kier alpha value is -2.98. The molecule has 6 rings (SSSR count). The van der Waals surface area contributed by atoms with Crippen LogP contribution in [0.4, 0.5) is 11.4 Å². The van der Waals surface area contributed by atoms with Gasteiger partial charge in [-0.2, -0.15) is 0 Å². The maximum atomic E-state index is 10.6. The van der Waals surface area contributed by atoms with Crippen LogP contribution in [0, 0.1) is 12.3 Å². The van der Waals surface area contributed by atoms with Crippen LogP contribution in [0.5, 0.6) is 0 Å². The van der Waals surface area contributed by atoms with E-state index in [1.165, 1.54) is 16.7 Å². The summed E-state index contributed by atoms with van der Waals surface area (Å²) in [5.41, 5.74) is 10.7. The van der Waals surface area contributed by atoms with Gasteiger partial charge in [-0.3, -0.25) is 0 Å². The second-order valence-corrected chi connectivity index (χ2v) is 10.8. The third-order valence-electron chi connectivity index (χ3n) is 8.70. The van der Waals surface area contributed by atoms with Crippen LogP contribution in [0.15, 0.2) is 72.2 Å². The van der Waals surface area contributed by atoms with E-state index in [0.29, 0.717) is 0 Å². The van der Waals surface area contributed by atoms with Gasteiger partial charge in [0.1, 0.15) is 6.33 Å². The van der Waals surface area contributed by atoms with Crippen LogP contribution >= 0.6 is 0 Å². The Balaban J connectivity index is 1.46. The number of hydrogen-bond donors (Lipinski definition) is 2. The molecule has 3 aliphatic carbocycles. The van der Waals surface area contributed by atoms with Crippen molar-refractivity contribution < 1.29 is 5.11 Å². The normalized spacial score (nSPS) is 27.7. The number of benzene rings is 2. The molecule has 4 nitrogen and oxygen atoms in total. The van der Waals surface area contributed by atoms with Crippen LogP contribution in [0.3, 0.4) is 0 Å². The molecule has 2 N–H and O–H groups in total. The quantitative estimate of drug-likeness (QED) is 0.463. The van der Waals surface area contributed by atoms with Crippen LogP contribution < -0.4 is 5.32 Å². The fourth-order valence-corrected chi connectivity index (χ4v) is 7.06. The molecule has 1 saturated carbocycles. The van der Waals surface area contributed by atoms with Gasteiger partial charge in [0.25, 0.3) is 0 Å². The first-order chi connectivity index (χ1) is 16.5. The molecular weight excluding hydrogens is 418 g/mol. The van der Waals surface area contributed by atoms with E-state index >= 15 is 0 Å². The Morgan fingerprint density at radius 2 is 1.91 bits per heavy atom. The van der Waals surface area contributed by atoms with Crippen molar-refractivity contribution in [1.29, 1.82) is 0 Å². The predicted octanol–water partition coefficient (Wildman–Crippen LogP) is 6.21. The van der Waals surface area contributed by atoms with Gasteiger partial charge in [-0.25, -0.2) is 9.97 Å². The van der Waals surface area contributed by atoms with E-state index in [1.807, 2.05) is 13.1 Å². The van der Waals surface area contributed by atoms with Crippen LogP contribution in [-0.2, 0) is 18.3 Å². The van der Waals surface area contributed by atoms with Gasteiger partial charge in [0.15, 0.2) is 0 Å². The van der Waals surface area contributed by atoms with Crippen molar-refractivity contribution in [3.63, 3.8) is 0 Å². The first-order valence-corrected chi connectivity index (χ1v) is 12.6. The summed E-state index contributed by atoms with van der Waals surface area (Å²) >= 11 is 0. The molecule has 3 aliphatic rings. The number of hydrogen-bond acceptors (Lipinski definition) is 4. The monoisotopic (exact) mass is 451 g/mol. The second-order valence-electron chi connectivity index (χ2n) is 10.8. The molecule has 34 heavy (non-hydrogen) atoms. The summed E-state index contributed by atoms with van der Waals surface area (Å²) in [4.78, 5) is 8.50. The molecule has 2 aromatic carbocycles. The van der Waals surface area contributed by atoms with Gasteiger partial charge >= 0.3 is 0 Å². The molecule has 1 fully saturated rings. The molecule has 0 saturated heterocycles. The Morgan fingerprint density at radius 1 is 1.06 bits per heavy atom. The van der Waals surface area contributed by atoms with Gasteiger partial charge in [0, 0.05) is 11.1 Å². The predicted molar refractivity (Wildman–Crippen MR) is 136 cm³/mol. The lowest BCUT2D eigenvalue weighted by molar-refractivity contribution is 0.156. The molecule has 0 bridgehead atoms. The molecule has 0 amide bonds. The highest BCUT2D eigenvalue weighted by Gasteiger charge is 2.52. The molecule has 174 valence electrons. The van der Waals surface area contributed by atoms with Crippen molar-refractivity contribution in [3.05, 3.63) is 94.6 Å². The zero-order valence-corrected chi connectivity index (χ0v) is 20.1. The van der Waals surface area contributed by atoms with Crippen molar-refractivity contribution in [2.24, 2.45) is 5.41 Å². The van der Waals surface area contributed by atoms with E-state index in [2.05, 4.69) is 70.7 Å². The number of aromatic nitrogens is 2. The number of nitrogens with zero attached hydrogens (tertiary/aromatic N) is 2. The summed E-state index contributed by atoms with van der Waals surface area (Å²) in [6, 6.07) is 17.9. The minimum absolute atomic E-state index is 0.0259. The van der Waals surface area contributed by atoms with Crippen molar-refractivity contribution in [1.82, 2.24) is 9.97 Å². The molecule has 0 unspecified atom stereocenters. The Labute approximate surface area is 202 Å². The molecular formula is C30H33N3O. The van der Waals surface area contributed by atoms with E-state index < -0.39 is 0 Å². The molecule has 3 atom stereocenters. The van der Waals surface area contributed by atoms with Gasteiger partial charge in [-0.1, -0.05) is 54.5 Å². The Kier molecular flexibility index (Phi) is 5.11. The average molecular weight is 452 g/mol. The molecule has 3 aromatic rings. The molecule has 0 radical (unpaired) electrons. The maximum Gasteiger partial charge on any atom is 0.115 e. The highest BCUT2D eigenvalue weighted by molar-refractivity contribution is 5.64. The van der Waals surface area contributed by atoms with Crippen LogP contribution in [0.25, 0.3) is 0 Å². The number of allylic oxidation sites excluding steroid dienone is 1. The summed E-state index contributed by atoms with van der Waals surface area (Å²) in [6.07, 6.45) is 10.5. The number of anilines is 2. The smallest absolute Gasteiger partial charge is 0.115 e. The largest absolute Gasteiger partial charge is 0.393 e. The van der Waals surface area contributed by atoms with E-state index in [1.54, 1.807) is 17.5 Å². The minimum atomic E-state index is -0.190. The summed E-state index contributed by atoms with van der Waals surface area (Å²) in [5, 5.41) is 14.2. The van der Waals surface area contributed by atoms with Gasteiger partial charge < -0.3 is 10.4 Å². The van der Waals surface area contributed by atoms with E-state index in [0.717, 1.165) is 62.0 Å². The topological polar surface area (TPSA) is 58.0 Å². The first-order valence-electron chi connectivity index (χ1n) is 12.6. The summed E-state index contributed by atoms with van der Waals surface area (Å²) in [6.45, 7) is 4.40. The fraction of sp³-hybridized carbons (Fsp3) is 0.400. The van der Waals surface area contributed by atoms with Crippen LogP contribution in [-0.4, -0.2) is 21.2 Å². The lowest BCUT2D eigenvalue weighted by Gasteiger charge is -2.50. The van der Waals surface area contributed by atoms with Crippen molar-refractivity contribution in [2.75, 3.05) is 5.32 Å². The Bertz CT molecular complexity index is 1270. The number of aliphatic hydroxyl groups excluding tert-OH is 1. The molecule has 0 spiro atoms. The molecule has 1 heterocycles. The van der Waals surface area contributed by atoms with Gasteiger partial charge in [-0.15, -0.1) is 0 Å². The van der Waals surface area contributed by atoms with Gasteiger partial charge in [0.05, 0.1) is 23.7 Å². The van der Waals surface area contributed by atoms with Crippen molar-refractivity contribution >= 4 is 11.4 Å². The number of aryl methyl sites for hydroxylation is 2. The minimum Gasteiger partial charge on any atom is -0.393 e. The van der Waals surface area contributed by atoms with E-state index in [4.69, 9.17) is 0 Å². The summed E-state index contributed by atoms with van der Waals surface area (Å²) in [7, 11) is 0. The summed E-state index contributed by atoms with van der Waals surface area (Å²) < 4.78 is 0. The third kappa shape index (κ3) is 3.47. The number of fused-ring (bicyclic) bond motifs is 4. The lowest BCUT2D eigenvalue weighted by Crippen LogP contribution is -2.42. The van der Waals surface area contributed by atoms with Crippen LogP contribution in [0.2, 0.25) is 0 Å². The number of nitrogens with one attached hydrogen (secondary N) is 1. The van der Waals surface area contributed by atoms with Gasteiger partial charge in [-0.05, 0) is 86.1 Å². The Morgan fingerprint density at radius 3 is 2.74 bits per heavy atom. The fourth-order valence-electron chi connectivity index (χ4n) is 7.06. The number of rotatable bonds is 4. The number of aliphatic hydroxyl groups is 1. The first kappa shape index (κ1) is 21.5. The standard InChI is InChI=1S/C30H33N3O/c1-20-28(18-31-19-32-20)33-23-9-11-25-22(14-23)8-10-26-27-15-24(34)17-29(27,2)12-13-30(25,26)16-21-6-4-3-5-7-21/h3-7,9,11,14,18-19,24,33-34H,8,10,12-13,15-17H2,1-2H3/t24-,29+,30-/m1/s1. The molecule has 4 heteroatoms. The second kappa shape index (κ2) is 8.06. The molecule has 0 aliphatic heterocycles. The van der Waals surface area contributed by atoms with Crippen LogP contribution in [0.1, 0.15) is 61.4 Å². The van der Waals surface area contributed by atoms with Gasteiger partial charge in [0.2, 0.25) is 0 Å².